The molecule has 0 atom stereocenters. The van der Waals surface area contributed by atoms with Crippen molar-refractivity contribution < 1.29 is 4.42 Å². The second-order valence-electron chi connectivity index (χ2n) is 11.0. The summed E-state index contributed by atoms with van der Waals surface area (Å²) < 4.78 is 8.43. The van der Waals surface area contributed by atoms with Gasteiger partial charge in [-0.1, -0.05) is 103 Å². The van der Waals surface area contributed by atoms with Gasteiger partial charge in [0.05, 0.1) is 11.0 Å². The van der Waals surface area contributed by atoms with Gasteiger partial charge in [-0.3, -0.25) is 0 Å². The minimum Gasteiger partial charge on any atom is -0.456 e. The second kappa shape index (κ2) is 8.95. The Kier molecular flexibility index (Phi) is 4.93. The molecule has 42 heavy (non-hydrogen) atoms. The molecule has 7 aromatic carbocycles. The molecule has 0 spiro atoms. The summed E-state index contributed by atoms with van der Waals surface area (Å²) in [5.74, 6) is 0. The monoisotopic (exact) mass is 535 g/mol. The lowest BCUT2D eigenvalue weighted by molar-refractivity contribution is 0.669. The summed E-state index contributed by atoms with van der Waals surface area (Å²) in [6.07, 6.45) is 0. The van der Waals surface area contributed by atoms with Crippen molar-refractivity contribution in [1.82, 2.24) is 4.57 Å². The zero-order chi connectivity index (χ0) is 27.6. The number of hydrogen-bond donors (Lipinski definition) is 0. The summed E-state index contributed by atoms with van der Waals surface area (Å²) >= 11 is 0. The second-order valence-corrected chi connectivity index (χ2v) is 11.0. The smallest absolute Gasteiger partial charge is 0.135 e. The molecular formula is C40H25NO. The van der Waals surface area contributed by atoms with Crippen LogP contribution < -0.4 is 0 Å². The topological polar surface area (TPSA) is 18.1 Å². The molecule has 0 unspecified atom stereocenters. The Bertz CT molecular complexity index is 2440. The van der Waals surface area contributed by atoms with Gasteiger partial charge in [-0.25, -0.2) is 0 Å². The lowest BCUT2D eigenvalue weighted by atomic mass is 9.97. The summed E-state index contributed by atoms with van der Waals surface area (Å²) in [6.45, 7) is 0. The third-order valence-electron chi connectivity index (χ3n) is 8.60. The highest BCUT2D eigenvalue weighted by Gasteiger charge is 2.16. The molecule has 2 heterocycles. The van der Waals surface area contributed by atoms with E-state index in [0.29, 0.717) is 0 Å². The standard InChI is InChI=1S/C40H25NO/c1-2-9-31(10-3-1)41-36-21-19-29(25-35(36)40-32-11-5-4-8-28(32)18-22-37(40)41)26-14-16-27(17-15-26)30-20-23-39-34(24-30)33-12-6-7-13-38(33)42-39/h1-25H. The number of hydrogen-bond acceptors (Lipinski definition) is 1. The number of furan rings is 1. The van der Waals surface area contributed by atoms with Crippen LogP contribution in [0, 0.1) is 0 Å². The van der Waals surface area contributed by atoms with Gasteiger partial charge in [0.15, 0.2) is 0 Å². The van der Waals surface area contributed by atoms with E-state index in [1.165, 1.54) is 60.5 Å². The fraction of sp³-hybridized carbons (Fsp3) is 0. The Hall–Kier alpha value is -5.60. The van der Waals surface area contributed by atoms with Crippen LogP contribution in [-0.4, -0.2) is 4.57 Å². The summed E-state index contributed by atoms with van der Waals surface area (Å²) in [7, 11) is 0. The highest BCUT2D eigenvalue weighted by atomic mass is 16.3. The average molecular weight is 536 g/mol. The molecule has 0 aliphatic heterocycles. The predicted octanol–water partition coefficient (Wildman–Crippen LogP) is 11.2. The van der Waals surface area contributed by atoms with E-state index < -0.39 is 0 Å². The van der Waals surface area contributed by atoms with Gasteiger partial charge in [-0.15, -0.1) is 0 Å². The molecule has 9 rings (SSSR count). The van der Waals surface area contributed by atoms with E-state index >= 15 is 0 Å². The van der Waals surface area contributed by atoms with Gasteiger partial charge in [0, 0.05) is 27.2 Å². The number of aromatic nitrogens is 1. The van der Waals surface area contributed by atoms with Gasteiger partial charge in [0.2, 0.25) is 0 Å². The first-order chi connectivity index (χ1) is 20.8. The van der Waals surface area contributed by atoms with Gasteiger partial charge >= 0.3 is 0 Å². The first-order valence-corrected chi connectivity index (χ1v) is 14.4. The fourth-order valence-corrected chi connectivity index (χ4v) is 6.59. The lowest BCUT2D eigenvalue weighted by Crippen LogP contribution is -1.93. The highest BCUT2D eigenvalue weighted by Crippen LogP contribution is 2.39. The minimum atomic E-state index is 0.923. The normalized spacial score (nSPS) is 11.8. The summed E-state index contributed by atoms with van der Waals surface area (Å²) in [5.41, 5.74) is 10.3. The van der Waals surface area contributed by atoms with Crippen LogP contribution in [0.4, 0.5) is 0 Å². The average Bonchev–Trinajstić information content (AvgIpc) is 3.60. The maximum atomic E-state index is 6.04. The zero-order valence-electron chi connectivity index (χ0n) is 22.8. The van der Waals surface area contributed by atoms with E-state index in [1.807, 2.05) is 12.1 Å². The quantitative estimate of drug-likeness (QED) is 0.220. The first kappa shape index (κ1) is 23.1. The molecule has 2 heteroatoms. The molecule has 0 fully saturated rings. The summed E-state index contributed by atoms with van der Waals surface area (Å²) in [4.78, 5) is 0. The van der Waals surface area contributed by atoms with Crippen LogP contribution in [0.15, 0.2) is 156 Å². The maximum Gasteiger partial charge on any atom is 0.135 e. The van der Waals surface area contributed by atoms with E-state index in [1.54, 1.807) is 0 Å². The van der Waals surface area contributed by atoms with E-state index in [-0.39, 0.29) is 0 Å². The van der Waals surface area contributed by atoms with Crippen LogP contribution in [0.5, 0.6) is 0 Å². The molecule has 2 nitrogen and oxygen atoms in total. The minimum absolute atomic E-state index is 0.923. The van der Waals surface area contributed by atoms with E-state index in [0.717, 1.165) is 21.9 Å². The molecule has 196 valence electrons. The molecule has 0 saturated carbocycles. The molecule has 0 aliphatic rings. The van der Waals surface area contributed by atoms with Crippen LogP contribution >= 0.6 is 0 Å². The van der Waals surface area contributed by atoms with Gasteiger partial charge in [-0.05, 0) is 81.6 Å². The lowest BCUT2D eigenvalue weighted by Gasteiger charge is -2.09. The molecular weight excluding hydrogens is 510 g/mol. The SMILES string of the molecule is c1ccc(-n2c3ccc(-c4ccc(-c5ccc6oc7ccccc7c6c5)cc4)cc3c3c4ccccc4ccc32)cc1. The molecule has 0 aliphatic carbocycles. The first-order valence-electron chi connectivity index (χ1n) is 14.4. The van der Waals surface area contributed by atoms with Crippen LogP contribution in [0.2, 0.25) is 0 Å². The molecule has 0 amide bonds. The number of nitrogens with zero attached hydrogens (tertiary/aromatic N) is 1. The Morgan fingerprint density at radius 2 is 0.976 bits per heavy atom. The highest BCUT2D eigenvalue weighted by molar-refractivity contribution is 6.21. The third kappa shape index (κ3) is 3.45. The molecule has 0 radical (unpaired) electrons. The molecule has 0 N–H and O–H groups in total. The Labute approximate surface area is 242 Å². The third-order valence-corrected chi connectivity index (χ3v) is 8.60. The molecule has 9 aromatic rings. The Morgan fingerprint density at radius 3 is 1.79 bits per heavy atom. The number of para-hydroxylation sites is 2. The van der Waals surface area contributed by atoms with Gasteiger partial charge in [-0.2, -0.15) is 0 Å². The molecule has 2 aromatic heterocycles. The Morgan fingerprint density at radius 1 is 0.381 bits per heavy atom. The van der Waals surface area contributed by atoms with E-state index in [9.17, 15) is 0 Å². The zero-order valence-corrected chi connectivity index (χ0v) is 22.8. The van der Waals surface area contributed by atoms with Crippen molar-refractivity contribution in [3.8, 4) is 27.9 Å². The van der Waals surface area contributed by atoms with Crippen molar-refractivity contribution in [3.05, 3.63) is 152 Å². The van der Waals surface area contributed by atoms with Crippen LogP contribution in [-0.2, 0) is 0 Å². The van der Waals surface area contributed by atoms with E-state index in [4.69, 9.17) is 4.42 Å². The van der Waals surface area contributed by atoms with Crippen molar-refractivity contribution in [2.75, 3.05) is 0 Å². The maximum absolute atomic E-state index is 6.04. The van der Waals surface area contributed by atoms with Crippen molar-refractivity contribution in [2.24, 2.45) is 0 Å². The largest absolute Gasteiger partial charge is 0.456 e. The fourth-order valence-electron chi connectivity index (χ4n) is 6.59. The van der Waals surface area contributed by atoms with Crippen molar-refractivity contribution in [2.45, 2.75) is 0 Å². The van der Waals surface area contributed by atoms with Gasteiger partial charge in [0.1, 0.15) is 11.2 Å². The van der Waals surface area contributed by atoms with Gasteiger partial charge < -0.3 is 8.98 Å². The Balaban J connectivity index is 1.19. The van der Waals surface area contributed by atoms with Crippen molar-refractivity contribution >= 4 is 54.5 Å². The number of fused-ring (bicyclic) bond motifs is 8. The van der Waals surface area contributed by atoms with Crippen LogP contribution in [0.1, 0.15) is 0 Å². The predicted molar refractivity (Wildman–Crippen MR) is 176 cm³/mol. The molecule has 0 bridgehead atoms. The van der Waals surface area contributed by atoms with Gasteiger partial charge in [0.25, 0.3) is 0 Å². The van der Waals surface area contributed by atoms with Crippen molar-refractivity contribution in [1.29, 1.82) is 0 Å². The summed E-state index contributed by atoms with van der Waals surface area (Å²) in [5, 5.41) is 7.41. The number of benzene rings is 7. The van der Waals surface area contributed by atoms with Crippen LogP contribution in [0.25, 0.3) is 82.5 Å². The summed E-state index contributed by atoms with van der Waals surface area (Å²) in [6, 6.07) is 54.4. The number of rotatable bonds is 3. The molecule has 0 saturated heterocycles. The van der Waals surface area contributed by atoms with Crippen molar-refractivity contribution in [3.63, 3.8) is 0 Å². The van der Waals surface area contributed by atoms with E-state index in [2.05, 4.69) is 144 Å². The van der Waals surface area contributed by atoms with Crippen LogP contribution in [0.3, 0.4) is 0 Å².